The molecule has 0 unspecified atom stereocenters. The minimum absolute atomic E-state index is 0.00688. The Morgan fingerprint density at radius 1 is 1.29 bits per heavy atom. The molecule has 1 fully saturated rings. The lowest BCUT2D eigenvalue weighted by molar-refractivity contribution is -0.128. The summed E-state index contributed by atoms with van der Waals surface area (Å²) in [4.78, 5) is 14.5. The van der Waals surface area contributed by atoms with Crippen LogP contribution in [0.1, 0.15) is 44.2 Å². The van der Waals surface area contributed by atoms with Gasteiger partial charge in [-0.2, -0.15) is 0 Å². The maximum absolute atomic E-state index is 12.0. The number of carbonyl (C=O) groups is 1. The van der Waals surface area contributed by atoms with Gasteiger partial charge in [-0.25, -0.2) is 0 Å². The van der Waals surface area contributed by atoms with E-state index in [-0.39, 0.29) is 17.4 Å². The Labute approximate surface area is 127 Å². The van der Waals surface area contributed by atoms with E-state index in [4.69, 9.17) is 0 Å². The van der Waals surface area contributed by atoms with E-state index in [9.17, 15) is 4.79 Å². The van der Waals surface area contributed by atoms with E-state index in [0.717, 1.165) is 38.9 Å². The minimum atomic E-state index is 0.00688. The largest absolute Gasteiger partial charge is 0.354 e. The van der Waals surface area contributed by atoms with Crippen molar-refractivity contribution in [1.82, 2.24) is 10.2 Å². The molecule has 21 heavy (non-hydrogen) atoms. The smallest absolute Gasteiger partial charge is 0.223 e. The second-order valence-electron chi connectivity index (χ2n) is 7.10. The maximum atomic E-state index is 12.0. The van der Waals surface area contributed by atoms with E-state index in [1.54, 1.807) is 0 Å². The Morgan fingerprint density at radius 3 is 2.67 bits per heavy atom. The van der Waals surface area contributed by atoms with Gasteiger partial charge < -0.3 is 5.32 Å². The van der Waals surface area contributed by atoms with Gasteiger partial charge in [0.15, 0.2) is 0 Å². The van der Waals surface area contributed by atoms with Crippen LogP contribution in [0.15, 0.2) is 24.3 Å². The molecule has 3 rings (SSSR count). The highest BCUT2D eigenvalue weighted by molar-refractivity contribution is 5.79. The first-order chi connectivity index (χ1) is 10.1. The molecule has 0 spiro atoms. The molecule has 0 saturated heterocycles. The maximum Gasteiger partial charge on any atom is 0.223 e. The number of amides is 1. The predicted molar refractivity (Wildman–Crippen MR) is 85.0 cm³/mol. The zero-order valence-electron chi connectivity index (χ0n) is 13.2. The first-order valence-corrected chi connectivity index (χ1v) is 8.16. The predicted octanol–water partition coefficient (Wildman–Crippen LogP) is 2.74. The van der Waals surface area contributed by atoms with Crippen LogP contribution in [0.2, 0.25) is 0 Å². The lowest BCUT2D eigenvalue weighted by Gasteiger charge is -2.42. The van der Waals surface area contributed by atoms with Gasteiger partial charge in [-0.3, -0.25) is 9.69 Å². The fourth-order valence-electron chi connectivity index (χ4n) is 3.24. The fourth-order valence-corrected chi connectivity index (χ4v) is 3.24. The monoisotopic (exact) mass is 286 g/mol. The number of fused-ring (bicyclic) bond motifs is 1. The van der Waals surface area contributed by atoms with Crippen LogP contribution in [-0.2, 0) is 17.8 Å². The summed E-state index contributed by atoms with van der Waals surface area (Å²) in [5.74, 6) is 0.537. The molecule has 1 heterocycles. The molecule has 0 atom stereocenters. The number of hydrogen-bond acceptors (Lipinski definition) is 2. The van der Waals surface area contributed by atoms with E-state index in [2.05, 4.69) is 48.3 Å². The van der Waals surface area contributed by atoms with Crippen LogP contribution in [0.25, 0.3) is 0 Å². The number of benzene rings is 1. The van der Waals surface area contributed by atoms with Crippen molar-refractivity contribution < 1.29 is 4.79 Å². The standard InChI is InChI=1S/C18H26N2O/c1-18(2,13-19-17(21)15-8-5-9-15)20-11-10-14-6-3-4-7-16(14)12-20/h3-4,6-7,15H,5,8-13H2,1-2H3,(H,19,21). The lowest BCUT2D eigenvalue weighted by atomic mass is 9.84. The molecule has 1 amide bonds. The van der Waals surface area contributed by atoms with Gasteiger partial charge in [0.05, 0.1) is 0 Å². The minimum Gasteiger partial charge on any atom is -0.354 e. The summed E-state index contributed by atoms with van der Waals surface area (Å²) < 4.78 is 0. The number of rotatable bonds is 4. The molecule has 1 aliphatic carbocycles. The third-order valence-electron chi connectivity index (χ3n) is 5.16. The van der Waals surface area contributed by atoms with Gasteiger partial charge in [0.25, 0.3) is 0 Å². The van der Waals surface area contributed by atoms with Crippen LogP contribution >= 0.6 is 0 Å². The molecule has 114 valence electrons. The molecular weight excluding hydrogens is 260 g/mol. The van der Waals surface area contributed by atoms with Crippen molar-refractivity contribution in [3.8, 4) is 0 Å². The van der Waals surface area contributed by atoms with E-state index >= 15 is 0 Å². The Hall–Kier alpha value is -1.35. The summed E-state index contributed by atoms with van der Waals surface area (Å²) in [6.07, 6.45) is 4.47. The SMILES string of the molecule is CC(C)(CNC(=O)C1CCC1)N1CCc2ccccc2C1. The van der Waals surface area contributed by atoms with Crippen molar-refractivity contribution in [2.45, 2.75) is 51.6 Å². The van der Waals surface area contributed by atoms with Crippen LogP contribution in [0.4, 0.5) is 0 Å². The van der Waals surface area contributed by atoms with Crippen molar-refractivity contribution in [3.05, 3.63) is 35.4 Å². The van der Waals surface area contributed by atoms with E-state index < -0.39 is 0 Å². The second kappa shape index (κ2) is 5.80. The molecule has 0 radical (unpaired) electrons. The summed E-state index contributed by atoms with van der Waals surface area (Å²) in [5.41, 5.74) is 2.91. The molecule has 3 nitrogen and oxygen atoms in total. The summed E-state index contributed by atoms with van der Waals surface area (Å²) in [6, 6.07) is 8.70. The highest BCUT2D eigenvalue weighted by atomic mass is 16.1. The number of nitrogens with zero attached hydrogens (tertiary/aromatic N) is 1. The summed E-state index contributed by atoms with van der Waals surface area (Å²) in [7, 11) is 0. The van der Waals surface area contributed by atoms with Gasteiger partial charge in [-0.05, 0) is 44.2 Å². The Balaban J connectivity index is 1.58. The quantitative estimate of drug-likeness (QED) is 0.923. The van der Waals surface area contributed by atoms with Gasteiger partial charge in [-0.15, -0.1) is 0 Å². The molecular formula is C18H26N2O. The molecule has 1 aliphatic heterocycles. The summed E-state index contributed by atoms with van der Waals surface area (Å²) >= 11 is 0. The Bertz CT molecular complexity index is 520. The molecule has 2 aliphatic rings. The highest BCUT2D eigenvalue weighted by Gasteiger charge is 2.32. The van der Waals surface area contributed by atoms with Crippen LogP contribution < -0.4 is 5.32 Å². The Morgan fingerprint density at radius 2 is 2.00 bits per heavy atom. The first kappa shape index (κ1) is 14.6. The molecule has 0 aromatic heterocycles. The molecule has 3 heteroatoms. The zero-order chi connectivity index (χ0) is 14.9. The average Bonchev–Trinajstić information content (AvgIpc) is 2.43. The van der Waals surface area contributed by atoms with Crippen molar-refractivity contribution in [1.29, 1.82) is 0 Å². The normalized spacial score (nSPS) is 19.7. The molecule has 1 aromatic carbocycles. The molecule has 1 N–H and O–H groups in total. The van der Waals surface area contributed by atoms with Gasteiger partial charge in [0, 0.05) is 31.1 Å². The van der Waals surface area contributed by atoms with Crippen LogP contribution in [-0.4, -0.2) is 29.4 Å². The van der Waals surface area contributed by atoms with Gasteiger partial charge in [0.2, 0.25) is 5.91 Å². The fraction of sp³-hybridized carbons (Fsp3) is 0.611. The molecule has 1 aromatic rings. The van der Waals surface area contributed by atoms with Gasteiger partial charge in [0.1, 0.15) is 0 Å². The summed E-state index contributed by atoms with van der Waals surface area (Å²) in [5, 5.41) is 3.17. The zero-order valence-corrected chi connectivity index (χ0v) is 13.2. The van der Waals surface area contributed by atoms with Crippen molar-refractivity contribution in [2.24, 2.45) is 5.92 Å². The van der Waals surface area contributed by atoms with Crippen molar-refractivity contribution >= 4 is 5.91 Å². The van der Waals surface area contributed by atoms with Crippen LogP contribution in [0.5, 0.6) is 0 Å². The number of carbonyl (C=O) groups excluding carboxylic acids is 1. The lowest BCUT2D eigenvalue weighted by Crippen LogP contribution is -2.54. The summed E-state index contributed by atoms with van der Waals surface area (Å²) in [6.45, 7) is 7.28. The van der Waals surface area contributed by atoms with Crippen molar-refractivity contribution in [2.75, 3.05) is 13.1 Å². The third-order valence-corrected chi connectivity index (χ3v) is 5.16. The van der Waals surface area contributed by atoms with Crippen LogP contribution in [0.3, 0.4) is 0 Å². The van der Waals surface area contributed by atoms with Gasteiger partial charge in [-0.1, -0.05) is 30.7 Å². The first-order valence-electron chi connectivity index (χ1n) is 8.16. The van der Waals surface area contributed by atoms with Crippen molar-refractivity contribution in [3.63, 3.8) is 0 Å². The number of nitrogens with one attached hydrogen (secondary N) is 1. The topological polar surface area (TPSA) is 32.3 Å². The van der Waals surface area contributed by atoms with Crippen LogP contribution in [0, 0.1) is 5.92 Å². The van der Waals surface area contributed by atoms with E-state index in [1.807, 2.05) is 0 Å². The Kier molecular flexibility index (Phi) is 4.03. The molecule has 1 saturated carbocycles. The average molecular weight is 286 g/mol. The van der Waals surface area contributed by atoms with Gasteiger partial charge >= 0.3 is 0 Å². The highest BCUT2D eigenvalue weighted by Crippen LogP contribution is 2.27. The van der Waals surface area contributed by atoms with E-state index in [1.165, 1.54) is 17.5 Å². The molecule has 0 bridgehead atoms. The third kappa shape index (κ3) is 3.13. The van der Waals surface area contributed by atoms with E-state index in [0.29, 0.717) is 0 Å². The number of hydrogen-bond donors (Lipinski definition) is 1. The second-order valence-corrected chi connectivity index (χ2v) is 7.10.